The third-order valence-electron chi connectivity index (χ3n) is 5.16. The highest BCUT2D eigenvalue weighted by molar-refractivity contribution is 7.87. The molecule has 0 bridgehead atoms. The Labute approximate surface area is 201 Å². The Bertz CT molecular complexity index is 845. The van der Waals surface area contributed by atoms with E-state index in [-0.39, 0.29) is 25.6 Å². The van der Waals surface area contributed by atoms with E-state index < -0.39 is 16.3 Å². The molecule has 1 heterocycles. The Morgan fingerprint density at radius 3 is 2.65 bits per heavy atom. The summed E-state index contributed by atoms with van der Waals surface area (Å²) in [5, 5.41) is 9.42. The topological polar surface area (TPSA) is 133 Å². The third kappa shape index (κ3) is 9.63. The van der Waals surface area contributed by atoms with E-state index in [9.17, 15) is 18.3 Å². The van der Waals surface area contributed by atoms with E-state index in [1.165, 1.54) is 7.11 Å². The van der Waals surface area contributed by atoms with Crippen molar-refractivity contribution in [2.75, 3.05) is 60.3 Å². The smallest absolute Gasteiger partial charge is 0.422 e. The number of carboxylic acid groups (broad SMARTS) is 1. The zero-order valence-electron chi connectivity index (χ0n) is 19.9. The van der Waals surface area contributed by atoms with Crippen LogP contribution in [0.15, 0.2) is 18.2 Å². The molecule has 1 amide bonds. The van der Waals surface area contributed by atoms with E-state index in [0.717, 1.165) is 25.0 Å². The maximum Gasteiger partial charge on any atom is 0.422 e. The molecule has 1 aliphatic heterocycles. The SMILES string of the molecule is COCCCNS(=O)(=O)N(CCCc1ccc(OCCOC)cc1OCC1CCCO1)C(=O)O. The third-order valence-corrected chi connectivity index (χ3v) is 6.65. The first-order valence-electron chi connectivity index (χ1n) is 11.4. The molecule has 1 saturated heterocycles. The van der Waals surface area contributed by atoms with Crippen molar-refractivity contribution >= 4 is 16.3 Å². The lowest BCUT2D eigenvalue weighted by Gasteiger charge is -2.20. The van der Waals surface area contributed by atoms with E-state index in [4.69, 9.17) is 23.7 Å². The van der Waals surface area contributed by atoms with Gasteiger partial charge in [-0.1, -0.05) is 6.07 Å². The van der Waals surface area contributed by atoms with Crippen molar-refractivity contribution in [1.29, 1.82) is 0 Å². The lowest BCUT2D eigenvalue weighted by atomic mass is 10.1. The molecule has 0 spiro atoms. The second-order valence-corrected chi connectivity index (χ2v) is 9.44. The fourth-order valence-corrected chi connectivity index (χ4v) is 4.53. The molecule has 12 heteroatoms. The molecular formula is C22H36N2O9S. The van der Waals surface area contributed by atoms with E-state index in [1.807, 2.05) is 6.07 Å². The van der Waals surface area contributed by atoms with Crippen LogP contribution in [0.1, 0.15) is 31.2 Å². The summed E-state index contributed by atoms with van der Waals surface area (Å²) in [7, 11) is -1.05. The first-order valence-corrected chi connectivity index (χ1v) is 12.8. The van der Waals surface area contributed by atoms with Gasteiger partial charge in [0.2, 0.25) is 0 Å². The molecule has 0 aliphatic carbocycles. The molecule has 1 atom stereocenters. The van der Waals surface area contributed by atoms with Crippen LogP contribution < -0.4 is 14.2 Å². The van der Waals surface area contributed by atoms with Crippen molar-refractivity contribution in [3.05, 3.63) is 23.8 Å². The predicted octanol–water partition coefficient (Wildman–Crippen LogP) is 2.05. The van der Waals surface area contributed by atoms with Crippen LogP contribution in [0.4, 0.5) is 4.79 Å². The molecule has 1 aromatic rings. The minimum Gasteiger partial charge on any atom is -0.491 e. The van der Waals surface area contributed by atoms with E-state index in [0.29, 0.717) is 55.1 Å². The van der Waals surface area contributed by atoms with Gasteiger partial charge in [-0.2, -0.15) is 17.4 Å². The molecule has 194 valence electrons. The summed E-state index contributed by atoms with van der Waals surface area (Å²) >= 11 is 0. The van der Waals surface area contributed by atoms with E-state index in [2.05, 4.69) is 4.72 Å². The zero-order valence-corrected chi connectivity index (χ0v) is 20.7. The van der Waals surface area contributed by atoms with E-state index in [1.54, 1.807) is 19.2 Å². The van der Waals surface area contributed by atoms with Crippen molar-refractivity contribution in [3.8, 4) is 11.5 Å². The molecule has 1 aliphatic rings. The fourth-order valence-electron chi connectivity index (χ4n) is 3.39. The maximum absolute atomic E-state index is 12.4. The molecule has 0 saturated carbocycles. The van der Waals surface area contributed by atoms with Gasteiger partial charge in [-0.15, -0.1) is 0 Å². The highest BCUT2D eigenvalue weighted by Gasteiger charge is 2.26. The predicted molar refractivity (Wildman–Crippen MR) is 125 cm³/mol. The van der Waals surface area contributed by atoms with Crippen LogP contribution in [0.5, 0.6) is 11.5 Å². The second-order valence-electron chi connectivity index (χ2n) is 7.76. The highest BCUT2D eigenvalue weighted by atomic mass is 32.2. The molecule has 34 heavy (non-hydrogen) atoms. The van der Waals surface area contributed by atoms with Crippen LogP contribution >= 0.6 is 0 Å². The quantitative estimate of drug-likeness (QED) is 0.306. The summed E-state index contributed by atoms with van der Waals surface area (Å²) < 4.78 is 54.7. The average molecular weight is 505 g/mol. The number of nitrogens with zero attached hydrogens (tertiary/aromatic N) is 1. The molecule has 2 N–H and O–H groups in total. The van der Waals surface area contributed by atoms with Gasteiger partial charge in [0.1, 0.15) is 24.7 Å². The molecule has 0 aromatic heterocycles. The number of hydrogen-bond donors (Lipinski definition) is 2. The Morgan fingerprint density at radius 1 is 1.18 bits per heavy atom. The molecule has 11 nitrogen and oxygen atoms in total. The molecule has 0 radical (unpaired) electrons. The minimum atomic E-state index is -4.16. The van der Waals surface area contributed by atoms with Gasteiger partial charge in [0.05, 0.1) is 12.7 Å². The lowest BCUT2D eigenvalue weighted by Crippen LogP contribution is -2.44. The van der Waals surface area contributed by atoms with Crippen LogP contribution in [0.25, 0.3) is 0 Å². The van der Waals surface area contributed by atoms with Crippen molar-refractivity contribution in [1.82, 2.24) is 9.03 Å². The summed E-state index contributed by atoms with van der Waals surface area (Å²) in [6, 6.07) is 5.42. The first-order chi connectivity index (χ1) is 16.4. The van der Waals surface area contributed by atoms with Gasteiger partial charge < -0.3 is 28.8 Å². The van der Waals surface area contributed by atoms with Gasteiger partial charge in [-0.05, 0) is 43.7 Å². The van der Waals surface area contributed by atoms with Gasteiger partial charge >= 0.3 is 16.3 Å². The van der Waals surface area contributed by atoms with Crippen molar-refractivity contribution < 1.29 is 42.0 Å². The standard InChI is InChI=1S/C22H36N2O9S/c1-29-12-5-10-23-34(27,28)24(22(25)26)11-3-6-18-8-9-19(32-15-14-30-2)16-21(18)33-17-20-7-4-13-31-20/h8-9,16,20,23H,3-7,10-15,17H2,1-2H3,(H,25,26). The normalized spacial score (nSPS) is 15.9. The number of amides is 1. The Balaban J connectivity index is 2.00. The molecule has 1 unspecified atom stereocenters. The summed E-state index contributed by atoms with van der Waals surface area (Å²) in [5.41, 5.74) is 0.827. The lowest BCUT2D eigenvalue weighted by molar-refractivity contribution is 0.0674. The molecule has 2 rings (SSSR count). The van der Waals surface area contributed by atoms with E-state index >= 15 is 0 Å². The summed E-state index contributed by atoms with van der Waals surface area (Å²) in [4.78, 5) is 11.6. The number of ether oxygens (including phenoxy) is 5. The summed E-state index contributed by atoms with van der Waals surface area (Å²) in [6.07, 6.45) is 1.57. The number of aryl methyl sites for hydroxylation is 1. The highest BCUT2D eigenvalue weighted by Crippen LogP contribution is 2.27. The van der Waals surface area contributed by atoms with Gasteiger partial charge in [0.25, 0.3) is 0 Å². The number of methoxy groups -OCH3 is 2. The molecular weight excluding hydrogens is 468 g/mol. The number of nitrogens with one attached hydrogen (secondary N) is 1. The monoisotopic (exact) mass is 504 g/mol. The summed E-state index contributed by atoms with van der Waals surface area (Å²) in [6.45, 7) is 2.24. The van der Waals surface area contributed by atoms with Crippen LogP contribution in [0, 0.1) is 0 Å². The first kappa shape index (κ1) is 28.1. The Morgan fingerprint density at radius 2 is 1.97 bits per heavy atom. The Kier molecular flexibility index (Phi) is 12.4. The van der Waals surface area contributed by atoms with Crippen molar-refractivity contribution in [2.45, 2.75) is 38.2 Å². The van der Waals surface area contributed by atoms with Crippen molar-refractivity contribution in [3.63, 3.8) is 0 Å². The van der Waals surface area contributed by atoms with Crippen molar-refractivity contribution in [2.24, 2.45) is 0 Å². The van der Waals surface area contributed by atoms with Crippen LogP contribution in [-0.2, 0) is 30.8 Å². The molecule has 1 aromatic carbocycles. The number of carbonyl (C=O) groups is 1. The average Bonchev–Trinajstić information content (AvgIpc) is 3.32. The van der Waals surface area contributed by atoms with Crippen LogP contribution in [0.2, 0.25) is 0 Å². The minimum absolute atomic E-state index is 0.0303. The largest absolute Gasteiger partial charge is 0.491 e. The summed E-state index contributed by atoms with van der Waals surface area (Å²) in [5.74, 6) is 1.23. The van der Waals surface area contributed by atoms with Crippen LogP contribution in [-0.4, -0.2) is 90.4 Å². The molecule has 1 fully saturated rings. The second kappa shape index (κ2) is 15.0. The van der Waals surface area contributed by atoms with Gasteiger partial charge in [-0.25, -0.2) is 4.79 Å². The van der Waals surface area contributed by atoms with Crippen LogP contribution in [0.3, 0.4) is 0 Å². The van der Waals surface area contributed by atoms with Gasteiger partial charge in [-0.3, -0.25) is 0 Å². The van der Waals surface area contributed by atoms with Gasteiger partial charge in [0, 0.05) is 46.6 Å². The maximum atomic E-state index is 12.4. The zero-order chi connectivity index (χ0) is 24.8. The number of rotatable bonds is 17. The van der Waals surface area contributed by atoms with Gasteiger partial charge in [0.15, 0.2) is 0 Å². The fraction of sp³-hybridized carbons (Fsp3) is 0.682. The number of benzene rings is 1. The number of hydrogen-bond acceptors (Lipinski definition) is 8. The Hall–Kier alpha value is -2.12.